The highest BCUT2D eigenvalue weighted by Crippen LogP contribution is 2.23. The molecular formula is C14H22O2. The zero-order valence-corrected chi connectivity index (χ0v) is 10.4. The summed E-state index contributed by atoms with van der Waals surface area (Å²) in [6.45, 7) is 6.93. The van der Waals surface area contributed by atoms with Crippen molar-refractivity contribution in [1.29, 1.82) is 0 Å². The minimum atomic E-state index is -0.385. The van der Waals surface area contributed by atoms with E-state index in [4.69, 9.17) is 4.74 Å². The van der Waals surface area contributed by atoms with Crippen molar-refractivity contribution in [1.82, 2.24) is 0 Å². The van der Waals surface area contributed by atoms with Crippen LogP contribution in [0.3, 0.4) is 0 Å². The lowest BCUT2D eigenvalue weighted by Crippen LogP contribution is -2.05. The van der Waals surface area contributed by atoms with E-state index in [1.807, 2.05) is 38.1 Å². The average Bonchev–Trinajstić information content (AvgIpc) is 2.29. The van der Waals surface area contributed by atoms with Crippen molar-refractivity contribution in [3.05, 3.63) is 29.8 Å². The van der Waals surface area contributed by atoms with Crippen LogP contribution in [-0.4, -0.2) is 11.7 Å². The zero-order chi connectivity index (χ0) is 12.0. The molecule has 0 radical (unpaired) electrons. The first-order valence-corrected chi connectivity index (χ1v) is 6.06. The summed E-state index contributed by atoms with van der Waals surface area (Å²) in [5.41, 5.74) is 0.956. The predicted molar refractivity (Wildman–Crippen MR) is 66.6 cm³/mol. The number of aliphatic hydroxyl groups is 1. The standard InChI is InChI=1S/C14H22O2/c1-4-5-10-16-13-8-6-12(7-9-13)14(15)11(2)3/h6-9,11,14-15H,4-5,10H2,1-3H3. The van der Waals surface area contributed by atoms with Crippen molar-refractivity contribution in [2.45, 2.75) is 39.7 Å². The molecule has 0 aromatic heterocycles. The van der Waals surface area contributed by atoms with Crippen LogP contribution in [-0.2, 0) is 0 Å². The first-order valence-electron chi connectivity index (χ1n) is 6.06. The third-order valence-corrected chi connectivity index (χ3v) is 2.62. The molecule has 16 heavy (non-hydrogen) atoms. The molecule has 1 aromatic carbocycles. The van der Waals surface area contributed by atoms with Gasteiger partial charge in [0.05, 0.1) is 12.7 Å². The molecule has 0 aliphatic carbocycles. The molecule has 0 spiro atoms. The minimum Gasteiger partial charge on any atom is -0.494 e. The molecule has 0 bridgehead atoms. The van der Waals surface area contributed by atoms with Crippen LogP contribution in [0.15, 0.2) is 24.3 Å². The highest BCUT2D eigenvalue weighted by Gasteiger charge is 2.11. The van der Waals surface area contributed by atoms with Gasteiger partial charge in [-0.15, -0.1) is 0 Å². The van der Waals surface area contributed by atoms with E-state index < -0.39 is 0 Å². The Morgan fingerprint density at radius 2 is 1.81 bits per heavy atom. The van der Waals surface area contributed by atoms with Gasteiger partial charge < -0.3 is 9.84 Å². The number of unbranched alkanes of at least 4 members (excludes halogenated alkanes) is 1. The number of hydrogen-bond donors (Lipinski definition) is 1. The molecule has 1 N–H and O–H groups in total. The number of rotatable bonds is 6. The molecule has 1 unspecified atom stereocenters. The summed E-state index contributed by atoms with van der Waals surface area (Å²) in [4.78, 5) is 0. The second-order valence-corrected chi connectivity index (χ2v) is 4.46. The minimum absolute atomic E-state index is 0.242. The van der Waals surface area contributed by atoms with Crippen molar-refractivity contribution < 1.29 is 9.84 Å². The van der Waals surface area contributed by atoms with Gasteiger partial charge in [-0.25, -0.2) is 0 Å². The monoisotopic (exact) mass is 222 g/mol. The Balaban J connectivity index is 2.54. The Morgan fingerprint density at radius 3 is 2.31 bits per heavy atom. The Morgan fingerprint density at radius 1 is 1.19 bits per heavy atom. The van der Waals surface area contributed by atoms with Gasteiger partial charge in [-0.05, 0) is 30.0 Å². The van der Waals surface area contributed by atoms with Gasteiger partial charge in [0.1, 0.15) is 5.75 Å². The Labute approximate surface area is 98.3 Å². The van der Waals surface area contributed by atoms with Crippen LogP contribution < -0.4 is 4.74 Å². The van der Waals surface area contributed by atoms with Gasteiger partial charge in [-0.1, -0.05) is 39.3 Å². The Bertz CT molecular complexity index is 290. The summed E-state index contributed by atoms with van der Waals surface area (Å²) in [5, 5.41) is 9.86. The highest BCUT2D eigenvalue weighted by molar-refractivity contribution is 5.28. The summed E-state index contributed by atoms with van der Waals surface area (Å²) >= 11 is 0. The molecular weight excluding hydrogens is 200 g/mol. The molecule has 90 valence electrons. The lowest BCUT2D eigenvalue weighted by molar-refractivity contribution is 0.127. The third-order valence-electron chi connectivity index (χ3n) is 2.62. The van der Waals surface area contributed by atoms with E-state index in [1.54, 1.807) is 0 Å². The molecule has 0 saturated carbocycles. The molecule has 2 heteroatoms. The zero-order valence-electron chi connectivity index (χ0n) is 10.4. The van der Waals surface area contributed by atoms with Crippen LogP contribution in [0.5, 0.6) is 5.75 Å². The first-order chi connectivity index (χ1) is 7.65. The van der Waals surface area contributed by atoms with Gasteiger partial charge in [0.15, 0.2) is 0 Å². The first kappa shape index (κ1) is 13.0. The molecule has 0 amide bonds. The largest absolute Gasteiger partial charge is 0.494 e. The molecule has 2 nitrogen and oxygen atoms in total. The fourth-order valence-electron chi connectivity index (χ4n) is 1.48. The molecule has 0 saturated heterocycles. The SMILES string of the molecule is CCCCOc1ccc(C(O)C(C)C)cc1. The van der Waals surface area contributed by atoms with Gasteiger partial charge in [0, 0.05) is 0 Å². The summed E-state index contributed by atoms with van der Waals surface area (Å²) in [7, 11) is 0. The molecule has 1 atom stereocenters. The second kappa shape index (κ2) is 6.54. The van der Waals surface area contributed by atoms with Crippen LogP contribution in [0.1, 0.15) is 45.3 Å². The van der Waals surface area contributed by atoms with E-state index in [-0.39, 0.29) is 12.0 Å². The van der Waals surface area contributed by atoms with Gasteiger partial charge in [0.25, 0.3) is 0 Å². The van der Waals surface area contributed by atoms with Crippen molar-refractivity contribution in [2.24, 2.45) is 5.92 Å². The fraction of sp³-hybridized carbons (Fsp3) is 0.571. The lowest BCUT2D eigenvalue weighted by Gasteiger charge is -2.15. The van der Waals surface area contributed by atoms with Crippen LogP contribution in [0.4, 0.5) is 0 Å². The van der Waals surface area contributed by atoms with E-state index in [0.717, 1.165) is 30.8 Å². The predicted octanol–water partition coefficient (Wildman–Crippen LogP) is 3.55. The maximum atomic E-state index is 9.86. The normalized spacial score (nSPS) is 12.8. The van der Waals surface area contributed by atoms with Crippen molar-refractivity contribution in [3.8, 4) is 5.75 Å². The van der Waals surface area contributed by atoms with Crippen molar-refractivity contribution >= 4 is 0 Å². The highest BCUT2D eigenvalue weighted by atomic mass is 16.5. The number of hydrogen-bond acceptors (Lipinski definition) is 2. The molecule has 0 aliphatic rings. The smallest absolute Gasteiger partial charge is 0.119 e. The van der Waals surface area contributed by atoms with E-state index in [0.29, 0.717) is 0 Å². The molecule has 0 heterocycles. The van der Waals surface area contributed by atoms with Crippen molar-refractivity contribution in [2.75, 3.05) is 6.61 Å². The maximum absolute atomic E-state index is 9.86. The van der Waals surface area contributed by atoms with Crippen LogP contribution in [0.25, 0.3) is 0 Å². The number of aliphatic hydroxyl groups excluding tert-OH is 1. The second-order valence-electron chi connectivity index (χ2n) is 4.46. The topological polar surface area (TPSA) is 29.5 Å². The average molecular weight is 222 g/mol. The number of ether oxygens (including phenoxy) is 1. The maximum Gasteiger partial charge on any atom is 0.119 e. The van der Waals surface area contributed by atoms with E-state index in [2.05, 4.69) is 6.92 Å². The summed E-state index contributed by atoms with van der Waals surface area (Å²) in [5.74, 6) is 1.13. The number of benzene rings is 1. The van der Waals surface area contributed by atoms with Gasteiger partial charge in [-0.3, -0.25) is 0 Å². The fourth-order valence-corrected chi connectivity index (χ4v) is 1.48. The molecule has 0 aliphatic heterocycles. The third kappa shape index (κ3) is 3.86. The quantitative estimate of drug-likeness (QED) is 0.746. The van der Waals surface area contributed by atoms with Gasteiger partial charge >= 0.3 is 0 Å². The van der Waals surface area contributed by atoms with Gasteiger partial charge in [-0.2, -0.15) is 0 Å². The molecule has 1 rings (SSSR count). The van der Waals surface area contributed by atoms with Crippen LogP contribution in [0, 0.1) is 5.92 Å². The Hall–Kier alpha value is -1.02. The van der Waals surface area contributed by atoms with E-state index in [1.165, 1.54) is 0 Å². The summed E-state index contributed by atoms with van der Waals surface area (Å²) < 4.78 is 5.56. The molecule has 0 fully saturated rings. The van der Waals surface area contributed by atoms with Gasteiger partial charge in [0.2, 0.25) is 0 Å². The van der Waals surface area contributed by atoms with E-state index in [9.17, 15) is 5.11 Å². The molecule has 1 aromatic rings. The summed E-state index contributed by atoms with van der Waals surface area (Å²) in [6.07, 6.45) is 1.84. The summed E-state index contributed by atoms with van der Waals surface area (Å²) in [6, 6.07) is 7.73. The van der Waals surface area contributed by atoms with Crippen molar-refractivity contribution in [3.63, 3.8) is 0 Å². The van der Waals surface area contributed by atoms with Crippen LogP contribution in [0.2, 0.25) is 0 Å². The Kier molecular flexibility index (Phi) is 5.33. The van der Waals surface area contributed by atoms with E-state index >= 15 is 0 Å². The van der Waals surface area contributed by atoms with Crippen LogP contribution >= 0.6 is 0 Å². The lowest BCUT2D eigenvalue weighted by atomic mass is 9.99.